The molecule has 10 heteroatoms. The summed E-state index contributed by atoms with van der Waals surface area (Å²) < 4.78 is 34.1. The highest BCUT2D eigenvalue weighted by Crippen LogP contribution is 2.29. The van der Waals surface area contributed by atoms with Gasteiger partial charge in [0.2, 0.25) is 17.7 Å². The zero-order valence-corrected chi connectivity index (χ0v) is 17.0. The molecule has 0 saturated carbocycles. The van der Waals surface area contributed by atoms with E-state index in [2.05, 4.69) is 20.3 Å². The van der Waals surface area contributed by atoms with E-state index in [1.807, 2.05) is 0 Å². The number of carbonyl (C=O) groups is 1. The zero-order valence-electron chi connectivity index (χ0n) is 16.2. The first-order valence-electron chi connectivity index (χ1n) is 9.22. The second-order valence-electron chi connectivity index (χ2n) is 6.58. The standard InChI is InChI=1S/C21H16ClF2N5O2/c1-12(30)25-11-13-6-8-14(9-7-13)31-18-10-17(22)27-21(28-18)29-16-5-3-2-4-15(16)26-20(29)19(23)24/h2-10,19H,11H2,1H3,(H,25,30). The number of para-hydroxylation sites is 2. The van der Waals surface area contributed by atoms with Gasteiger partial charge in [0.15, 0.2) is 5.82 Å². The Morgan fingerprint density at radius 2 is 1.87 bits per heavy atom. The predicted octanol–water partition coefficient (Wildman–Crippen LogP) is 4.83. The zero-order chi connectivity index (χ0) is 22.0. The van der Waals surface area contributed by atoms with Crippen LogP contribution in [0.25, 0.3) is 17.0 Å². The number of carbonyl (C=O) groups excluding carboxylic acids is 1. The molecule has 0 spiro atoms. The van der Waals surface area contributed by atoms with Crippen molar-refractivity contribution >= 4 is 28.5 Å². The molecule has 31 heavy (non-hydrogen) atoms. The Bertz CT molecular complexity index is 1240. The van der Waals surface area contributed by atoms with Gasteiger partial charge in [-0.15, -0.1) is 0 Å². The molecular formula is C21H16ClF2N5O2. The Hall–Kier alpha value is -3.59. The summed E-state index contributed by atoms with van der Waals surface area (Å²) in [6, 6.07) is 15.0. The lowest BCUT2D eigenvalue weighted by molar-refractivity contribution is -0.119. The van der Waals surface area contributed by atoms with Gasteiger partial charge in [0.25, 0.3) is 6.43 Å². The molecule has 0 unspecified atom stereocenters. The first kappa shape index (κ1) is 20.7. The van der Waals surface area contributed by atoms with Crippen molar-refractivity contribution < 1.29 is 18.3 Å². The van der Waals surface area contributed by atoms with Gasteiger partial charge < -0.3 is 10.1 Å². The fourth-order valence-corrected chi connectivity index (χ4v) is 3.13. The van der Waals surface area contributed by atoms with Crippen molar-refractivity contribution in [3.8, 4) is 17.6 Å². The Kier molecular flexibility index (Phi) is 5.77. The highest BCUT2D eigenvalue weighted by molar-refractivity contribution is 6.29. The molecule has 2 heterocycles. The van der Waals surface area contributed by atoms with Gasteiger partial charge in [-0.1, -0.05) is 35.9 Å². The van der Waals surface area contributed by atoms with E-state index in [1.54, 1.807) is 48.5 Å². The summed E-state index contributed by atoms with van der Waals surface area (Å²) in [7, 11) is 0. The molecule has 0 fully saturated rings. The third-order valence-electron chi connectivity index (χ3n) is 4.33. The van der Waals surface area contributed by atoms with E-state index in [4.69, 9.17) is 16.3 Å². The molecular weight excluding hydrogens is 428 g/mol. The van der Waals surface area contributed by atoms with E-state index in [1.165, 1.54) is 13.0 Å². The van der Waals surface area contributed by atoms with Crippen molar-refractivity contribution in [3.63, 3.8) is 0 Å². The fraction of sp³-hybridized carbons (Fsp3) is 0.143. The topological polar surface area (TPSA) is 81.9 Å². The maximum atomic E-state index is 13.6. The number of aromatic nitrogens is 4. The van der Waals surface area contributed by atoms with Gasteiger partial charge in [-0.25, -0.2) is 18.7 Å². The third-order valence-corrected chi connectivity index (χ3v) is 4.52. The lowest BCUT2D eigenvalue weighted by Gasteiger charge is -2.10. The van der Waals surface area contributed by atoms with Gasteiger partial charge >= 0.3 is 0 Å². The molecule has 2 aromatic carbocycles. The van der Waals surface area contributed by atoms with Crippen LogP contribution in [0, 0.1) is 0 Å². The number of hydrogen-bond acceptors (Lipinski definition) is 5. The minimum Gasteiger partial charge on any atom is -0.439 e. The average molecular weight is 444 g/mol. The summed E-state index contributed by atoms with van der Waals surface area (Å²) in [5.74, 6) is -0.149. The number of ether oxygens (including phenoxy) is 1. The molecule has 7 nitrogen and oxygen atoms in total. The number of hydrogen-bond donors (Lipinski definition) is 1. The van der Waals surface area contributed by atoms with Crippen LogP contribution in [0.1, 0.15) is 24.7 Å². The normalized spacial score (nSPS) is 11.1. The van der Waals surface area contributed by atoms with Gasteiger partial charge in [0.05, 0.1) is 11.0 Å². The van der Waals surface area contributed by atoms with Crippen molar-refractivity contribution in [1.29, 1.82) is 0 Å². The molecule has 0 saturated heterocycles. The summed E-state index contributed by atoms with van der Waals surface area (Å²) >= 11 is 6.12. The summed E-state index contributed by atoms with van der Waals surface area (Å²) in [6.07, 6.45) is -2.84. The first-order chi connectivity index (χ1) is 14.9. The number of benzene rings is 2. The second-order valence-corrected chi connectivity index (χ2v) is 6.97. The number of amides is 1. The molecule has 0 radical (unpaired) electrons. The van der Waals surface area contributed by atoms with Crippen LogP contribution in [-0.2, 0) is 11.3 Å². The monoisotopic (exact) mass is 443 g/mol. The average Bonchev–Trinajstić information content (AvgIpc) is 3.13. The summed E-state index contributed by atoms with van der Waals surface area (Å²) in [5, 5.41) is 2.73. The van der Waals surface area contributed by atoms with Crippen molar-refractivity contribution in [2.75, 3.05) is 0 Å². The SMILES string of the molecule is CC(=O)NCc1ccc(Oc2cc(Cl)nc(-n3c(C(F)F)nc4ccccc43)n2)cc1. The molecule has 4 aromatic rings. The molecule has 158 valence electrons. The third kappa shape index (κ3) is 4.61. The Balaban J connectivity index is 1.67. The summed E-state index contributed by atoms with van der Waals surface area (Å²) in [4.78, 5) is 23.4. The first-order valence-corrected chi connectivity index (χ1v) is 9.60. The lowest BCUT2D eigenvalue weighted by Crippen LogP contribution is -2.18. The van der Waals surface area contributed by atoms with Crippen LogP contribution in [0.2, 0.25) is 5.15 Å². The molecule has 0 aliphatic heterocycles. The van der Waals surface area contributed by atoms with Crippen LogP contribution in [0.4, 0.5) is 8.78 Å². The summed E-state index contributed by atoms with van der Waals surface area (Å²) in [5.41, 5.74) is 1.70. The molecule has 0 aliphatic carbocycles. The quantitative estimate of drug-likeness (QED) is 0.431. The molecule has 1 amide bonds. The predicted molar refractivity (Wildman–Crippen MR) is 111 cm³/mol. The summed E-state index contributed by atoms with van der Waals surface area (Å²) in [6.45, 7) is 1.83. The Morgan fingerprint density at radius 3 is 2.58 bits per heavy atom. The van der Waals surface area contributed by atoms with Gasteiger partial charge in [0.1, 0.15) is 10.9 Å². The largest absolute Gasteiger partial charge is 0.439 e. The number of halogens is 3. The van der Waals surface area contributed by atoms with E-state index in [-0.39, 0.29) is 22.9 Å². The van der Waals surface area contributed by atoms with Crippen LogP contribution in [0.3, 0.4) is 0 Å². The highest BCUT2D eigenvalue weighted by Gasteiger charge is 2.22. The molecule has 0 aliphatic rings. The molecule has 1 N–H and O–H groups in total. The van der Waals surface area contributed by atoms with Crippen LogP contribution < -0.4 is 10.1 Å². The van der Waals surface area contributed by atoms with E-state index in [0.29, 0.717) is 23.3 Å². The van der Waals surface area contributed by atoms with Crippen molar-refractivity contribution in [1.82, 2.24) is 24.8 Å². The van der Waals surface area contributed by atoms with Crippen LogP contribution in [0.15, 0.2) is 54.6 Å². The van der Waals surface area contributed by atoms with Crippen molar-refractivity contribution in [3.05, 3.63) is 71.1 Å². The maximum Gasteiger partial charge on any atom is 0.296 e. The van der Waals surface area contributed by atoms with Gasteiger partial charge in [-0.3, -0.25) is 9.36 Å². The van der Waals surface area contributed by atoms with E-state index in [9.17, 15) is 13.6 Å². The second kappa shape index (κ2) is 8.65. The number of nitrogens with zero attached hydrogens (tertiary/aromatic N) is 4. The molecule has 0 bridgehead atoms. The molecule has 0 atom stereocenters. The van der Waals surface area contributed by atoms with E-state index < -0.39 is 12.2 Å². The van der Waals surface area contributed by atoms with Crippen LogP contribution in [-0.4, -0.2) is 25.4 Å². The van der Waals surface area contributed by atoms with Gasteiger partial charge in [0, 0.05) is 19.5 Å². The number of imidazole rings is 1. The lowest BCUT2D eigenvalue weighted by atomic mass is 10.2. The highest BCUT2D eigenvalue weighted by atomic mass is 35.5. The van der Waals surface area contributed by atoms with Crippen molar-refractivity contribution in [2.45, 2.75) is 19.9 Å². The number of fused-ring (bicyclic) bond motifs is 1. The molecule has 4 rings (SSSR count). The minimum absolute atomic E-state index is 0.0280. The van der Waals surface area contributed by atoms with E-state index >= 15 is 0 Å². The minimum atomic E-state index is -2.84. The van der Waals surface area contributed by atoms with Gasteiger partial charge in [-0.2, -0.15) is 4.98 Å². The van der Waals surface area contributed by atoms with Crippen molar-refractivity contribution in [2.24, 2.45) is 0 Å². The van der Waals surface area contributed by atoms with Crippen LogP contribution >= 0.6 is 11.6 Å². The Labute approximate surface area is 180 Å². The van der Waals surface area contributed by atoms with Gasteiger partial charge in [-0.05, 0) is 29.8 Å². The fourth-order valence-electron chi connectivity index (χ4n) is 2.96. The number of alkyl halides is 2. The Morgan fingerprint density at radius 1 is 1.13 bits per heavy atom. The molecule has 2 aromatic heterocycles. The maximum absolute atomic E-state index is 13.6. The number of rotatable bonds is 6. The smallest absolute Gasteiger partial charge is 0.296 e. The van der Waals surface area contributed by atoms with E-state index in [0.717, 1.165) is 10.1 Å². The van der Waals surface area contributed by atoms with Crippen LogP contribution in [0.5, 0.6) is 11.6 Å². The number of nitrogens with one attached hydrogen (secondary N) is 1.